The van der Waals surface area contributed by atoms with Gasteiger partial charge in [0.15, 0.2) is 5.78 Å². The molecule has 0 unspecified atom stereocenters. The summed E-state index contributed by atoms with van der Waals surface area (Å²) >= 11 is 0. The number of carbonyl (C=O) groups excluding carboxylic acids is 1. The molecule has 0 saturated heterocycles. The predicted molar refractivity (Wildman–Crippen MR) is 42.3 cm³/mol. The third kappa shape index (κ3) is 2.18. The van der Waals surface area contributed by atoms with Crippen molar-refractivity contribution in [2.75, 3.05) is 0 Å². The second kappa shape index (κ2) is 3.32. The van der Waals surface area contributed by atoms with E-state index in [1.807, 2.05) is 20.0 Å². The fraction of sp³-hybridized carbons (Fsp3) is 0.500. The molecule has 0 fully saturated rings. The van der Waals surface area contributed by atoms with Crippen LogP contribution in [0.5, 0.6) is 0 Å². The fourth-order valence-electron chi connectivity index (χ4n) is 0.846. The van der Waals surface area contributed by atoms with Gasteiger partial charge in [0.05, 0.1) is 12.7 Å². The zero-order valence-corrected chi connectivity index (χ0v) is 6.87. The molecule has 60 valence electrons. The standard InChI is InChI=1S/C8H12N2O/c1-3-8(11)6-10-5-7(2)4-9-10/h4-5H,3,6H2,1-2H3. The lowest BCUT2D eigenvalue weighted by atomic mass is 10.3. The second-order valence-corrected chi connectivity index (χ2v) is 2.61. The van der Waals surface area contributed by atoms with Gasteiger partial charge >= 0.3 is 0 Å². The number of carbonyl (C=O) groups is 1. The Hall–Kier alpha value is -1.12. The monoisotopic (exact) mass is 152 g/mol. The molecule has 0 atom stereocenters. The van der Waals surface area contributed by atoms with Gasteiger partial charge in [-0.25, -0.2) is 0 Å². The van der Waals surface area contributed by atoms with Gasteiger partial charge in [0.25, 0.3) is 0 Å². The highest BCUT2D eigenvalue weighted by atomic mass is 16.1. The number of hydrogen-bond acceptors (Lipinski definition) is 2. The molecule has 0 amide bonds. The predicted octanol–water partition coefficient (Wildman–Crippen LogP) is 1.17. The Morgan fingerprint density at radius 2 is 2.45 bits per heavy atom. The maximum atomic E-state index is 10.9. The molecule has 0 aromatic carbocycles. The van der Waals surface area contributed by atoms with Crippen LogP contribution in [0.2, 0.25) is 0 Å². The van der Waals surface area contributed by atoms with E-state index < -0.39 is 0 Å². The van der Waals surface area contributed by atoms with Crippen molar-refractivity contribution < 1.29 is 4.79 Å². The van der Waals surface area contributed by atoms with Gasteiger partial charge in [-0.05, 0) is 12.5 Å². The number of rotatable bonds is 3. The number of Topliss-reactive ketones (excluding diaryl/α,β-unsaturated/α-hetero) is 1. The van der Waals surface area contributed by atoms with Crippen LogP contribution >= 0.6 is 0 Å². The van der Waals surface area contributed by atoms with Gasteiger partial charge in [-0.1, -0.05) is 6.92 Å². The maximum absolute atomic E-state index is 10.9. The first-order chi connectivity index (χ1) is 5.22. The van der Waals surface area contributed by atoms with Gasteiger partial charge in [-0.2, -0.15) is 5.10 Å². The van der Waals surface area contributed by atoms with Crippen LogP contribution in [-0.2, 0) is 11.3 Å². The summed E-state index contributed by atoms with van der Waals surface area (Å²) in [6.45, 7) is 4.23. The first-order valence-corrected chi connectivity index (χ1v) is 3.73. The highest BCUT2D eigenvalue weighted by molar-refractivity contribution is 5.77. The number of aromatic nitrogens is 2. The molecule has 0 aliphatic rings. The van der Waals surface area contributed by atoms with Gasteiger partial charge < -0.3 is 0 Å². The van der Waals surface area contributed by atoms with Crippen molar-refractivity contribution in [2.24, 2.45) is 0 Å². The third-order valence-corrected chi connectivity index (χ3v) is 1.50. The van der Waals surface area contributed by atoms with Crippen LogP contribution in [0.15, 0.2) is 12.4 Å². The SMILES string of the molecule is CCC(=O)Cn1cc(C)cn1. The van der Waals surface area contributed by atoms with Gasteiger partial charge in [0.2, 0.25) is 0 Å². The molecule has 3 nitrogen and oxygen atoms in total. The van der Waals surface area contributed by atoms with Crippen LogP contribution in [0, 0.1) is 6.92 Å². The third-order valence-electron chi connectivity index (χ3n) is 1.50. The molecule has 1 rings (SSSR count). The highest BCUT2D eigenvalue weighted by Crippen LogP contribution is 1.95. The molecule has 1 aromatic rings. The van der Waals surface area contributed by atoms with Crippen LogP contribution in [-0.4, -0.2) is 15.6 Å². The van der Waals surface area contributed by atoms with Crippen molar-refractivity contribution in [3.05, 3.63) is 18.0 Å². The molecule has 11 heavy (non-hydrogen) atoms. The number of aryl methyl sites for hydroxylation is 1. The molecule has 1 heterocycles. The second-order valence-electron chi connectivity index (χ2n) is 2.61. The van der Waals surface area contributed by atoms with E-state index >= 15 is 0 Å². The maximum Gasteiger partial charge on any atom is 0.154 e. The fourth-order valence-corrected chi connectivity index (χ4v) is 0.846. The van der Waals surface area contributed by atoms with Gasteiger partial charge in [-0.15, -0.1) is 0 Å². The quantitative estimate of drug-likeness (QED) is 0.651. The van der Waals surface area contributed by atoms with Crippen molar-refractivity contribution in [3.63, 3.8) is 0 Å². The van der Waals surface area contributed by atoms with Crippen LogP contribution in [0.25, 0.3) is 0 Å². The lowest BCUT2D eigenvalue weighted by Crippen LogP contribution is -2.08. The molecule has 0 N–H and O–H groups in total. The van der Waals surface area contributed by atoms with Crippen molar-refractivity contribution in [1.29, 1.82) is 0 Å². The zero-order chi connectivity index (χ0) is 8.27. The smallest absolute Gasteiger partial charge is 0.154 e. The van der Waals surface area contributed by atoms with Crippen LogP contribution in [0.3, 0.4) is 0 Å². The lowest BCUT2D eigenvalue weighted by molar-refractivity contribution is -0.119. The molecule has 3 heteroatoms. The molecule has 1 aromatic heterocycles. The van der Waals surface area contributed by atoms with Gasteiger partial charge in [0.1, 0.15) is 0 Å². The summed E-state index contributed by atoms with van der Waals surface area (Å²) in [6.07, 6.45) is 4.20. The summed E-state index contributed by atoms with van der Waals surface area (Å²) in [4.78, 5) is 10.9. The Bertz CT molecular complexity index is 252. The van der Waals surface area contributed by atoms with E-state index in [2.05, 4.69) is 5.10 Å². The summed E-state index contributed by atoms with van der Waals surface area (Å²) < 4.78 is 1.67. The average molecular weight is 152 g/mol. The van der Waals surface area contributed by atoms with Gasteiger partial charge in [-0.3, -0.25) is 9.48 Å². The minimum absolute atomic E-state index is 0.216. The Kier molecular flexibility index (Phi) is 2.41. The molecule has 0 radical (unpaired) electrons. The van der Waals surface area contributed by atoms with E-state index in [0.29, 0.717) is 13.0 Å². The van der Waals surface area contributed by atoms with E-state index in [4.69, 9.17) is 0 Å². The topological polar surface area (TPSA) is 34.9 Å². The minimum Gasteiger partial charge on any atom is -0.298 e. The van der Waals surface area contributed by atoms with E-state index in [1.165, 1.54) is 0 Å². The minimum atomic E-state index is 0.216. The normalized spacial score (nSPS) is 10.0. The molecule has 0 saturated carbocycles. The lowest BCUT2D eigenvalue weighted by Gasteiger charge is -1.96. The van der Waals surface area contributed by atoms with Gasteiger partial charge in [0, 0.05) is 12.6 Å². The van der Waals surface area contributed by atoms with E-state index in [9.17, 15) is 4.79 Å². The summed E-state index contributed by atoms with van der Waals surface area (Å²) in [5, 5.41) is 4.00. The van der Waals surface area contributed by atoms with Crippen molar-refractivity contribution in [3.8, 4) is 0 Å². The average Bonchev–Trinajstić information content (AvgIpc) is 2.35. The summed E-state index contributed by atoms with van der Waals surface area (Å²) in [5.74, 6) is 0.216. The molecule has 0 bridgehead atoms. The Balaban J connectivity index is 2.57. The number of nitrogens with zero attached hydrogens (tertiary/aromatic N) is 2. The molecule has 0 spiro atoms. The molecule has 0 aliphatic heterocycles. The van der Waals surface area contributed by atoms with Crippen molar-refractivity contribution >= 4 is 5.78 Å². The summed E-state index contributed by atoms with van der Waals surface area (Å²) in [5.41, 5.74) is 1.09. The molecular formula is C8H12N2O. The largest absolute Gasteiger partial charge is 0.298 e. The highest BCUT2D eigenvalue weighted by Gasteiger charge is 1.99. The summed E-state index contributed by atoms with van der Waals surface area (Å²) in [6, 6.07) is 0. The van der Waals surface area contributed by atoms with Crippen molar-refractivity contribution in [2.45, 2.75) is 26.8 Å². The first kappa shape index (κ1) is 7.98. The Morgan fingerprint density at radius 1 is 1.73 bits per heavy atom. The Labute approximate surface area is 66.0 Å². The molecule has 0 aliphatic carbocycles. The molecular weight excluding hydrogens is 140 g/mol. The number of hydrogen-bond donors (Lipinski definition) is 0. The van der Waals surface area contributed by atoms with E-state index in [1.54, 1.807) is 10.9 Å². The van der Waals surface area contributed by atoms with E-state index in [0.717, 1.165) is 5.56 Å². The van der Waals surface area contributed by atoms with E-state index in [-0.39, 0.29) is 5.78 Å². The summed E-state index contributed by atoms with van der Waals surface area (Å²) in [7, 11) is 0. The first-order valence-electron chi connectivity index (χ1n) is 3.73. The zero-order valence-electron chi connectivity index (χ0n) is 6.87. The Morgan fingerprint density at radius 3 is 2.91 bits per heavy atom. The van der Waals surface area contributed by atoms with Crippen LogP contribution < -0.4 is 0 Å². The van der Waals surface area contributed by atoms with Crippen LogP contribution in [0.1, 0.15) is 18.9 Å². The van der Waals surface area contributed by atoms with Crippen LogP contribution in [0.4, 0.5) is 0 Å². The van der Waals surface area contributed by atoms with Crippen molar-refractivity contribution in [1.82, 2.24) is 9.78 Å². The number of ketones is 1.